The van der Waals surface area contributed by atoms with E-state index in [-0.39, 0.29) is 31.4 Å². The van der Waals surface area contributed by atoms with E-state index in [9.17, 15) is 29.1 Å². The number of hydrogen-bond acceptors (Lipinski definition) is 10. The number of hydrogen-bond donors (Lipinski definition) is 4. The van der Waals surface area contributed by atoms with Crippen molar-refractivity contribution in [1.82, 2.24) is 25.5 Å². The van der Waals surface area contributed by atoms with Gasteiger partial charge in [-0.25, -0.2) is 19.6 Å². The van der Waals surface area contributed by atoms with Crippen LogP contribution in [0.25, 0.3) is 22.3 Å². The number of carbonyl (C=O) groups excluding carboxylic acids is 4. The Morgan fingerprint density at radius 3 is 2.47 bits per heavy atom. The van der Waals surface area contributed by atoms with Crippen LogP contribution < -0.4 is 20.7 Å². The maximum absolute atomic E-state index is 14.6. The van der Waals surface area contributed by atoms with Crippen molar-refractivity contribution in [1.29, 1.82) is 0 Å². The Labute approximate surface area is 339 Å². The number of nitrogens with zero attached hydrogens (tertiary/aromatic N) is 3. The summed E-state index contributed by atoms with van der Waals surface area (Å²) in [6.07, 6.45) is 3.73. The number of ether oxygens (including phenoxy) is 2. The van der Waals surface area contributed by atoms with Crippen LogP contribution in [-0.2, 0) is 23.9 Å². The highest BCUT2D eigenvalue weighted by Crippen LogP contribution is 2.45. The summed E-state index contributed by atoms with van der Waals surface area (Å²) in [7, 11) is 0. The van der Waals surface area contributed by atoms with E-state index in [1.165, 1.54) is 22.3 Å². The van der Waals surface area contributed by atoms with Gasteiger partial charge < -0.3 is 35.4 Å². The molecule has 4 N–H and O–H groups in total. The number of fused-ring (bicyclic) bond motifs is 1. The highest BCUT2D eigenvalue weighted by atomic mass is 79.9. The van der Waals surface area contributed by atoms with Gasteiger partial charge in [-0.05, 0) is 65.6 Å². The zero-order valence-electron chi connectivity index (χ0n) is 30.9. The van der Waals surface area contributed by atoms with Crippen LogP contribution in [0.3, 0.4) is 0 Å². The molecule has 1 saturated heterocycles. The second-order valence-corrected chi connectivity index (χ2v) is 17.9. The second-order valence-electron chi connectivity index (χ2n) is 15.3. The van der Waals surface area contributed by atoms with Crippen molar-refractivity contribution < 1.29 is 38.6 Å². The number of pyridine rings is 1. The van der Waals surface area contributed by atoms with Gasteiger partial charge in [0.05, 0.1) is 17.8 Å². The molecule has 1 aromatic carbocycles. The molecule has 0 bridgehead atoms. The lowest BCUT2D eigenvalue weighted by Gasteiger charge is -2.35. The average Bonchev–Trinajstić information content (AvgIpc) is 3.53. The largest absolute Gasteiger partial charge is 0.488 e. The molecule has 55 heavy (non-hydrogen) atoms. The lowest BCUT2D eigenvalue weighted by atomic mass is 9.85. The van der Waals surface area contributed by atoms with Crippen LogP contribution in [0.2, 0.25) is 0 Å². The van der Waals surface area contributed by atoms with E-state index in [1.807, 2.05) is 12.1 Å². The Morgan fingerprint density at radius 2 is 1.84 bits per heavy atom. The number of halogens is 2. The summed E-state index contributed by atoms with van der Waals surface area (Å²) in [6.45, 7) is 10.8. The summed E-state index contributed by atoms with van der Waals surface area (Å²) < 4.78 is 13.7. The van der Waals surface area contributed by atoms with Crippen molar-refractivity contribution in [3.8, 4) is 17.1 Å². The Morgan fingerprint density at radius 1 is 1.11 bits per heavy atom. The molecule has 5 atom stereocenters. The van der Waals surface area contributed by atoms with Gasteiger partial charge in [-0.15, -0.1) is 17.9 Å². The van der Waals surface area contributed by atoms with Gasteiger partial charge in [0, 0.05) is 44.5 Å². The summed E-state index contributed by atoms with van der Waals surface area (Å²) in [4.78, 5) is 77.0. The number of rotatable bonds is 12. The van der Waals surface area contributed by atoms with E-state index in [0.29, 0.717) is 44.1 Å². The van der Waals surface area contributed by atoms with Crippen molar-refractivity contribution in [2.24, 2.45) is 11.3 Å². The molecule has 17 heteroatoms. The number of carboxylic acids is 1. The quantitative estimate of drug-likeness (QED) is 0.141. The number of aromatic nitrogens is 2. The minimum Gasteiger partial charge on any atom is -0.488 e. The molecule has 3 aliphatic rings. The fourth-order valence-corrected chi connectivity index (χ4v) is 9.14. The topological polar surface area (TPSA) is 189 Å². The first-order valence-electron chi connectivity index (χ1n) is 18.2. The van der Waals surface area contributed by atoms with E-state index in [2.05, 4.69) is 59.4 Å². The van der Waals surface area contributed by atoms with Crippen molar-refractivity contribution in [3.63, 3.8) is 0 Å². The molecule has 14 nitrogen and oxygen atoms in total. The summed E-state index contributed by atoms with van der Waals surface area (Å²) in [6, 6.07) is 3.19. The van der Waals surface area contributed by atoms with Gasteiger partial charge in [0.25, 0.3) is 0 Å². The lowest BCUT2D eigenvalue weighted by molar-refractivity contribution is -0.146. The summed E-state index contributed by atoms with van der Waals surface area (Å²) in [5.74, 6) is -2.62. The zero-order chi connectivity index (χ0) is 39.8. The molecular weight excluding hydrogens is 860 g/mol. The predicted molar refractivity (Wildman–Crippen MR) is 214 cm³/mol. The first kappa shape index (κ1) is 40.6. The number of carbonyl (C=O) groups is 5. The van der Waals surface area contributed by atoms with E-state index in [1.54, 1.807) is 39.1 Å². The minimum atomic E-state index is -1.53. The number of benzene rings is 1. The molecule has 1 aliphatic heterocycles. The summed E-state index contributed by atoms with van der Waals surface area (Å²) in [5, 5.41) is 21.2. The number of amides is 4. The van der Waals surface area contributed by atoms with Gasteiger partial charge in [0.2, 0.25) is 17.7 Å². The van der Waals surface area contributed by atoms with Gasteiger partial charge in [-0.1, -0.05) is 49.7 Å². The monoisotopic (exact) mass is 902 g/mol. The standard InChI is InChI=1S/C38H44Br2N6O8S/c1-6-19-16-38(19,34(50)51)45-32(48)27-14-22(17-46(27)33(49)31(37(3,4)5)44-36(52)54-21-10-8-9-11-21)53-28-15-25(26-18-55-35(42-26)43-29(47)7-2)41-30-23(28)12-20(39)13-24(30)40/h6,12-13,15,18-19,21-22,27,31H,1,7-11,14,16-17H2,2-5H3,(H,44,52)(H,45,48)(H,50,51)(H,42,43,47)/t19-,22-,27+,31-,38-/m1/s1. The third-order valence-corrected chi connectivity index (χ3v) is 12.1. The van der Waals surface area contributed by atoms with Crippen molar-refractivity contribution >= 4 is 89.0 Å². The average molecular weight is 905 g/mol. The van der Waals surface area contributed by atoms with Crippen LogP contribution in [0.4, 0.5) is 9.93 Å². The second kappa shape index (κ2) is 16.2. The maximum Gasteiger partial charge on any atom is 0.408 e. The number of aliphatic carboxylic acids is 1. The van der Waals surface area contributed by atoms with E-state index in [0.717, 1.165) is 30.2 Å². The molecule has 3 aromatic rings. The van der Waals surface area contributed by atoms with Crippen molar-refractivity contribution in [2.45, 2.75) is 102 Å². The van der Waals surface area contributed by atoms with Gasteiger partial charge in [-0.3, -0.25) is 14.4 Å². The smallest absolute Gasteiger partial charge is 0.408 e. The summed E-state index contributed by atoms with van der Waals surface area (Å²) >= 11 is 8.42. The Kier molecular flexibility index (Phi) is 11.9. The Hall–Kier alpha value is -4.09. The Balaban J connectivity index is 1.33. The molecular formula is C38H44Br2N6O8S. The molecule has 0 spiro atoms. The first-order valence-corrected chi connectivity index (χ1v) is 20.7. The fraction of sp³-hybridized carbons (Fsp3) is 0.500. The molecule has 2 saturated carbocycles. The number of likely N-dealkylation sites (tertiary alicyclic amines) is 1. The molecule has 2 aliphatic carbocycles. The van der Waals surface area contributed by atoms with Gasteiger partial charge in [0.1, 0.15) is 41.3 Å². The Bertz CT molecular complexity index is 2030. The summed E-state index contributed by atoms with van der Waals surface area (Å²) in [5.41, 5.74) is -0.798. The molecule has 0 unspecified atom stereocenters. The van der Waals surface area contributed by atoms with Crippen LogP contribution in [-0.4, -0.2) is 86.1 Å². The van der Waals surface area contributed by atoms with Gasteiger partial charge in [0.15, 0.2) is 5.13 Å². The van der Waals surface area contributed by atoms with Crippen molar-refractivity contribution in [3.05, 3.63) is 45.2 Å². The van der Waals surface area contributed by atoms with Crippen LogP contribution in [0.5, 0.6) is 5.75 Å². The highest BCUT2D eigenvalue weighted by Gasteiger charge is 2.61. The molecule has 0 radical (unpaired) electrons. The molecule has 294 valence electrons. The lowest BCUT2D eigenvalue weighted by Crippen LogP contribution is -2.59. The molecule has 4 amide bonds. The number of thiazole rings is 1. The normalized spacial score (nSPS) is 22.9. The number of carboxylic acid groups (broad SMARTS) is 1. The van der Waals surface area contributed by atoms with Crippen LogP contribution in [0.15, 0.2) is 45.2 Å². The van der Waals surface area contributed by atoms with Crippen LogP contribution in [0.1, 0.15) is 72.6 Å². The highest BCUT2D eigenvalue weighted by molar-refractivity contribution is 9.11. The molecule has 3 heterocycles. The first-order chi connectivity index (χ1) is 26.0. The maximum atomic E-state index is 14.6. The molecule has 2 aromatic heterocycles. The van der Waals surface area contributed by atoms with E-state index < -0.39 is 58.9 Å². The van der Waals surface area contributed by atoms with Gasteiger partial charge in [-0.2, -0.15) is 0 Å². The SMILES string of the molecule is C=C[C@@H]1C[C@]1(NC(=O)[C@@H]1C[C@@H](Oc2cc(-c3csc(NC(=O)CC)n3)nc3c(Br)cc(Br)cc23)CN1C(=O)[C@@H](NC(=O)OC1CCCC1)C(C)(C)C)C(=O)O. The fourth-order valence-electron chi connectivity index (χ4n) is 7.10. The minimum absolute atomic E-state index is 0.0215. The predicted octanol–water partition coefficient (Wildman–Crippen LogP) is 6.81. The number of anilines is 1. The molecule has 6 rings (SSSR count). The van der Waals surface area contributed by atoms with Gasteiger partial charge >= 0.3 is 12.1 Å². The zero-order valence-corrected chi connectivity index (χ0v) is 34.9. The van der Waals surface area contributed by atoms with Crippen LogP contribution >= 0.6 is 43.2 Å². The van der Waals surface area contributed by atoms with Crippen LogP contribution in [0, 0.1) is 11.3 Å². The third kappa shape index (κ3) is 8.83. The number of nitrogens with one attached hydrogen (secondary N) is 3. The van der Waals surface area contributed by atoms with E-state index >= 15 is 0 Å². The van der Waals surface area contributed by atoms with Crippen molar-refractivity contribution in [2.75, 3.05) is 11.9 Å². The molecule has 3 fully saturated rings. The number of alkyl carbamates (subject to hydrolysis) is 1. The third-order valence-electron chi connectivity index (χ3n) is 10.2. The van der Waals surface area contributed by atoms with E-state index in [4.69, 9.17) is 14.5 Å².